The van der Waals surface area contributed by atoms with E-state index in [1.165, 1.54) is 48.7 Å². The van der Waals surface area contributed by atoms with E-state index < -0.39 is 41.7 Å². The monoisotopic (exact) mass is 578 g/mol. The fourth-order valence-electron chi connectivity index (χ4n) is 3.95. The molecule has 2 aromatic heterocycles. The van der Waals surface area contributed by atoms with Crippen molar-refractivity contribution in [2.24, 2.45) is 0 Å². The molecule has 12 nitrogen and oxygen atoms in total. The van der Waals surface area contributed by atoms with Gasteiger partial charge >= 0.3 is 11.9 Å². The number of esters is 2. The molecule has 38 heavy (non-hydrogen) atoms. The van der Waals surface area contributed by atoms with E-state index in [-0.39, 0.29) is 11.6 Å². The number of aromatic nitrogens is 4. The number of thiazole rings is 1. The van der Waals surface area contributed by atoms with Crippen LogP contribution in [-0.2, 0) is 28.5 Å². The van der Waals surface area contributed by atoms with Gasteiger partial charge in [-0.2, -0.15) is 5.26 Å². The second-order valence-corrected chi connectivity index (χ2v) is 10.6. The minimum Gasteiger partial charge on any atom is -0.463 e. The molecule has 5 atom stereocenters. The Morgan fingerprint density at radius 1 is 1.29 bits per heavy atom. The number of rotatable bonds is 8. The Morgan fingerprint density at radius 3 is 2.68 bits per heavy atom. The molecule has 1 aliphatic rings. The Bertz CT molecular complexity index is 1360. The lowest BCUT2D eigenvalue weighted by atomic mass is 9.96. The van der Waals surface area contributed by atoms with Gasteiger partial charge in [-0.3, -0.25) is 9.59 Å². The van der Waals surface area contributed by atoms with Crippen molar-refractivity contribution >= 4 is 51.8 Å². The summed E-state index contributed by atoms with van der Waals surface area (Å²) in [6.45, 7) is 2.36. The summed E-state index contributed by atoms with van der Waals surface area (Å²) in [5.74, 6) is -1.09. The first-order valence-electron chi connectivity index (χ1n) is 11.2. The van der Waals surface area contributed by atoms with E-state index >= 15 is 0 Å². The Hall–Kier alpha value is -3.22. The minimum absolute atomic E-state index is 0.185. The molecule has 0 saturated carbocycles. The second-order valence-electron chi connectivity index (χ2n) is 8.14. The minimum atomic E-state index is -0.951. The van der Waals surface area contributed by atoms with E-state index in [0.29, 0.717) is 27.0 Å². The molecule has 1 saturated heterocycles. The van der Waals surface area contributed by atoms with Crippen LogP contribution in [0.1, 0.15) is 25.5 Å². The predicted molar refractivity (Wildman–Crippen MR) is 138 cm³/mol. The average molecular weight is 579 g/mol. The molecule has 0 unspecified atom stereocenters. The lowest BCUT2D eigenvalue weighted by molar-refractivity contribution is -0.208. The molecule has 1 aromatic carbocycles. The zero-order chi connectivity index (χ0) is 27.4. The first-order chi connectivity index (χ1) is 18.2. The number of nitrogens with two attached hydrogens (primary N) is 1. The smallest absolute Gasteiger partial charge is 0.303 e. The fourth-order valence-corrected chi connectivity index (χ4v) is 6.00. The number of carbonyl (C=O) groups is 2. The number of hydrogen-bond acceptors (Lipinski definition) is 13. The third-order valence-electron chi connectivity index (χ3n) is 5.56. The van der Waals surface area contributed by atoms with Crippen LogP contribution in [0.3, 0.4) is 0 Å². The first kappa shape index (κ1) is 27.8. The van der Waals surface area contributed by atoms with E-state index in [2.05, 4.69) is 15.3 Å². The van der Waals surface area contributed by atoms with Crippen LogP contribution in [0.2, 0.25) is 5.02 Å². The molecule has 3 heterocycles. The van der Waals surface area contributed by atoms with Gasteiger partial charge in [0, 0.05) is 31.2 Å². The van der Waals surface area contributed by atoms with Gasteiger partial charge in [0.05, 0.1) is 16.8 Å². The number of hydrogen-bond donors (Lipinski definition) is 1. The molecular weight excluding hydrogens is 556 g/mol. The van der Waals surface area contributed by atoms with E-state index in [1.807, 2.05) is 6.07 Å². The number of carbonyl (C=O) groups excluding carboxylic acids is 2. The van der Waals surface area contributed by atoms with Crippen molar-refractivity contribution in [3.63, 3.8) is 0 Å². The highest BCUT2D eigenvalue weighted by atomic mass is 35.5. The molecule has 2 N–H and O–H groups in total. The molecule has 0 amide bonds. The third-order valence-corrected chi connectivity index (χ3v) is 7.68. The molecule has 3 aromatic rings. The van der Waals surface area contributed by atoms with Gasteiger partial charge in [-0.1, -0.05) is 28.6 Å². The van der Waals surface area contributed by atoms with Crippen LogP contribution in [0.25, 0.3) is 11.4 Å². The lowest BCUT2D eigenvalue weighted by Gasteiger charge is -2.44. The summed E-state index contributed by atoms with van der Waals surface area (Å²) >= 11 is 8.79. The van der Waals surface area contributed by atoms with E-state index in [4.69, 9.17) is 36.3 Å². The number of nitriles is 1. The quantitative estimate of drug-likeness (QED) is 0.389. The van der Waals surface area contributed by atoms with Crippen LogP contribution in [0.4, 0.5) is 5.13 Å². The lowest BCUT2D eigenvalue weighted by Crippen LogP contribution is -2.57. The zero-order valence-corrected chi connectivity index (χ0v) is 22.8. The molecule has 200 valence electrons. The number of nitrogen functional groups attached to an aromatic ring is 1. The number of halogens is 1. The topological polar surface area (TPSA) is 164 Å². The Kier molecular flexibility index (Phi) is 8.85. The van der Waals surface area contributed by atoms with Gasteiger partial charge in [-0.15, -0.1) is 16.4 Å². The summed E-state index contributed by atoms with van der Waals surface area (Å²) in [7, 11) is 1.50. The maximum Gasteiger partial charge on any atom is 0.303 e. The molecule has 0 aliphatic carbocycles. The molecular formula is C23H23ClN6O6S2. The molecule has 1 aliphatic heterocycles. The summed E-state index contributed by atoms with van der Waals surface area (Å²) in [4.78, 5) is 28.7. The van der Waals surface area contributed by atoms with Crippen LogP contribution >= 0.6 is 34.7 Å². The summed E-state index contributed by atoms with van der Waals surface area (Å²) in [5, 5.41) is 20.1. The number of nitrogens with zero attached hydrogens (tertiary/aromatic N) is 5. The molecule has 15 heteroatoms. The second kappa shape index (κ2) is 12.1. The summed E-state index contributed by atoms with van der Waals surface area (Å²) in [5.41, 5.74) is 6.41. The van der Waals surface area contributed by atoms with Gasteiger partial charge in [-0.25, -0.2) is 9.67 Å². The number of thioether (sulfide) groups is 1. The van der Waals surface area contributed by atoms with Crippen LogP contribution in [-0.4, -0.2) is 69.4 Å². The maximum absolute atomic E-state index is 12.1. The summed E-state index contributed by atoms with van der Waals surface area (Å²) < 4.78 is 24.6. The molecule has 1 fully saturated rings. The van der Waals surface area contributed by atoms with Gasteiger partial charge in [0.15, 0.2) is 11.2 Å². The highest BCUT2D eigenvalue weighted by Crippen LogP contribution is 2.41. The molecule has 0 radical (unpaired) electrons. The van der Waals surface area contributed by atoms with Crippen molar-refractivity contribution in [1.82, 2.24) is 20.0 Å². The summed E-state index contributed by atoms with van der Waals surface area (Å²) in [6, 6.07) is 6.28. The van der Waals surface area contributed by atoms with Crippen LogP contribution in [0.15, 0.2) is 34.7 Å². The van der Waals surface area contributed by atoms with Gasteiger partial charge < -0.3 is 24.7 Å². The van der Waals surface area contributed by atoms with Gasteiger partial charge in [-0.05, 0) is 18.2 Å². The van der Waals surface area contributed by atoms with Crippen LogP contribution in [0, 0.1) is 11.3 Å². The molecule has 0 bridgehead atoms. The van der Waals surface area contributed by atoms with Gasteiger partial charge in [0.1, 0.15) is 47.7 Å². The highest BCUT2D eigenvalue weighted by Gasteiger charge is 2.50. The van der Waals surface area contributed by atoms with Crippen molar-refractivity contribution in [2.75, 3.05) is 19.5 Å². The number of ether oxygens (including phenoxy) is 4. The SMILES string of the molecule is CO[C@@H]1[C@@H](n2cc(-c3csc(N)n3)nn2)[C@@H](OC(C)=O)[C@@H](COC(C)=O)O[C@@H]1Sc1ccc(C#N)c(Cl)c1. The van der Waals surface area contributed by atoms with Crippen LogP contribution in [0.5, 0.6) is 0 Å². The fraction of sp³-hybridized carbons (Fsp3) is 0.391. The highest BCUT2D eigenvalue weighted by molar-refractivity contribution is 7.99. The largest absolute Gasteiger partial charge is 0.463 e. The molecule has 0 spiro atoms. The Labute approximate surface area is 231 Å². The number of anilines is 1. The Balaban J connectivity index is 1.74. The van der Waals surface area contributed by atoms with Gasteiger partial charge in [0.25, 0.3) is 0 Å². The van der Waals surface area contributed by atoms with Gasteiger partial charge in [0.2, 0.25) is 0 Å². The van der Waals surface area contributed by atoms with E-state index in [0.717, 1.165) is 0 Å². The normalized spacial score (nSPS) is 23.0. The average Bonchev–Trinajstić information content (AvgIpc) is 3.52. The van der Waals surface area contributed by atoms with E-state index in [9.17, 15) is 14.9 Å². The van der Waals surface area contributed by atoms with Crippen LogP contribution < -0.4 is 5.73 Å². The van der Waals surface area contributed by atoms with Crippen molar-refractivity contribution in [1.29, 1.82) is 5.26 Å². The predicted octanol–water partition coefficient (Wildman–Crippen LogP) is 3.08. The van der Waals surface area contributed by atoms with E-state index in [1.54, 1.807) is 29.8 Å². The molecule has 4 rings (SSSR count). The van der Waals surface area contributed by atoms with Crippen molar-refractivity contribution in [3.05, 3.63) is 40.4 Å². The Morgan fingerprint density at radius 2 is 2.08 bits per heavy atom. The first-order valence-corrected chi connectivity index (χ1v) is 13.3. The van der Waals surface area contributed by atoms with Crippen molar-refractivity contribution in [3.8, 4) is 17.5 Å². The van der Waals surface area contributed by atoms with Crippen molar-refractivity contribution in [2.45, 2.75) is 48.5 Å². The van der Waals surface area contributed by atoms with Crippen molar-refractivity contribution < 1.29 is 28.5 Å². The standard InChI is InChI=1S/C23H23ClN6O6S2/c1-11(31)34-9-18-20(35-12(2)32)19(30-8-16(28-29-30)17-10-37-23(26)27-17)21(33-3)22(36-18)38-14-5-4-13(7-25)15(24)6-14/h4-6,8,10,18-22H,9H2,1-3H3,(H2,26,27)/t18-,19+,20+,21-,22-/m1/s1. The third kappa shape index (κ3) is 6.25. The number of benzene rings is 1. The number of methoxy groups -OCH3 is 1. The summed E-state index contributed by atoms with van der Waals surface area (Å²) in [6.07, 6.45) is -0.889. The maximum atomic E-state index is 12.1. The zero-order valence-electron chi connectivity index (χ0n) is 20.4.